The number of benzene rings is 2. The van der Waals surface area contributed by atoms with Crippen LogP contribution in [0.25, 0.3) is 11.0 Å². The van der Waals surface area contributed by atoms with Crippen LogP contribution in [-0.4, -0.2) is 73.7 Å². The molecule has 42 heavy (non-hydrogen) atoms. The molecule has 2 aliphatic heterocycles. The Hall–Kier alpha value is -4.30. The zero-order chi connectivity index (χ0) is 29.8. The standard InChI is InChI=1S/C31H38N8O3/c1-20-5-7-21(8-6-20)14-23-16-28(30(41)34-18-22-9-11-27-26(15-22)35-36-37(27)2)39(19-23)31(42)25(33)10-12-29(40)38-13-3-4-24(38)17-32/h5-9,11,15,23-25,28H,3-4,10,12-14,16,18-19,33H2,1-2H3,(H,34,41)/t23-,24+,25-,28+/m1/s1. The van der Waals surface area contributed by atoms with E-state index in [0.717, 1.165) is 35.0 Å². The molecule has 0 spiro atoms. The van der Waals surface area contributed by atoms with Crippen molar-refractivity contribution < 1.29 is 14.4 Å². The second kappa shape index (κ2) is 12.7. The first-order chi connectivity index (χ1) is 20.2. The average Bonchev–Trinajstić information content (AvgIpc) is 3.74. The van der Waals surface area contributed by atoms with E-state index in [0.29, 0.717) is 32.5 Å². The summed E-state index contributed by atoms with van der Waals surface area (Å²) in [4.78, 5) is 43.0. The van der Waals surface area contributed by atoms with Gasteiger partial charge in [-0.1, -0.05) is 41.1 Å². The molecule has 11 nitrogen and oxygen atoms in total. The number of nitrogens with zero attached hydrogens (tertiary/aromatic N) is 6. The third kappa shape index (κ3) is 6.44. The van der Waals surface area contributed by atoms with Gasteiger partial charge in [-0.15, -0.1) is 5.10 Å². The molecule has 2 aliphatic rings. The third-order valence-electron chi connectivity index (χ3n) is 8.47. The van der Waals surface area contributed by atoms with Crippen molar-refractivity contribution in [2.45, 2.75) is 70.1 Å². The first kappa shape index (κ1) is 29.2. The molecule has 3 N–H and O–H groups in total. The maximum Gasteiger partial charge on any atom is 0.243 e. The van der Waals surface area contributed by atoms with Crippen molar-refractivity contribution in [2.24, 2.45) is 18.7 Å². The minimum atomic E-state index is -0.912. The molecule has 220 valence electrons. The molecular formula is C31H38N8O3. The maximum atomic E-state index is 13.6. The van der Waals surface area contributed by atoms with E-state index in [9.17, 15) is 19.6 Å². The third-order valence-corrected chi connectivity index (χ3v) is 8.47. The van der Waals surface area contributed by atoms with Crippen LogP contribution in [0, 0.1) is 24.2 Å². The fourth-order valence-electron chi connectivity index (χ4n) is 6.08. The van der Waals surface area contributed by atoms with E-state index >= 15 is 0 Å². The molecule has 11 heteroatoms. The van der Waals surface area contributed by atoms with Gasteiger partial charge in [-0.05, 0) is 68.2 Å². The van der Waals surface area contributed by atoms with Crippen molar-refractivity contribution in [1.82, 2.24) is 30.1 Å². The van der Waals surface area contributed by atoms with Crippen LogP contribution in [0.15, 0.2) is 42.5 Å². The van der Waals surface area contributed by atoms with Crippen molar-refractivity contribution in [1.29, 1.82) is 5.26 Å². The Labute approximate surface area is 245 Å². The molecule has 0 radical (unpaired) electrons. The van der Waals surface area contributed by atoms with E-state index in [1.807, 2.05) is 32.2 Å². The molecule has 3 amide bonds. The zero-order valence-electron chi connectivity index (χ0n) is 24.2. The highest BCUT2D eigenvalue weighted by atomic mass is 16.2. The van der Waals surface area contributed by atoms with Gasteiger partial charge in [0.1, 0.15) is 17.6 Å². The molecule has 2 saturated heterocycles. The number of hydrogen-bond donors (Lipinski definition) is 2. The van der Waals surface area contributed by atoms with Crippen LogP contribution in [0.3, 0.4) is 0 Å². The molecule has 5 rings (SSSR count). The summed E-state index contributed by atoms with van der Waals surface area (Å²) >= 11 is 0. The van der Waals surface area contributed by atoms with Crippen LogP contribution in [0.2, 0.25) is 0 Å². The Balaban J connectivity index is 1.25. The first-order valence-corrected chi connectivity index (χ1v) is 14.6. The summed E-state index contributed by atoms with van der Waals surface area (Å²) < 4.78 is 1.69. The Morgan fingerprint density at radius 3 is 2.67 bits per heavy atom. The summed E-state index contributed by atoms with van der Waals surface area (Å²) in [5.74, 6) is -0.617. The van der Waals surface area contributed by atoms with Gasteiger partial charge in [0.05, 0.1) is 17.6 Å². The largest absolute Gasteiger partial charge is 0.350 e. The Bertz CT molecular complexity index is 1490. The monoisotopic (exact) mass is 570 g/mol. The molecule has 0 saturated carbocycles. The summed E-state index contributed by atoms with van der Waals surface area (Å²) in [7, 11) is 1.82. The number of nitriles is 1. The zero-order valence-corrected chi connectivity index (χ0v) is 24.2. The Morgan fingerprint density at radius 1 is 1.14 bits per heavy atom. The lowest BCUT2D eigenvalue weighted by molar-refractivity contribution is -0.140. The SMILES string of the molecule is Cc1ccc(C[C@@H]2C[C@@H](C(=O)NCc3ccc4c(c3)nnn4C)N(C(=O)[C@H](N)CCC(=O)N3CCC[C@H]3C#N)C2)cc1. The van der Waals surface area contributed by atoms with Crippen LogP contribution in [-0.2, 0) is 34.4 Å². The van der Waals surface area contributed by atoms with Crippen LogP contribution in [0.4, 0.5) is 0 Å². The van der Waals surface area contributed by atoms with Crippen molar-refractivity contribution in [3.05, 3.63) is 59.2 Å². The summed E-state index contributed by atoms with van der Waals surface area (Å²) in [6.45, 7) is 3.31. The predicted octanol–water partition coefficient (Wildman–Crippen LogP) is 1.97. The molecule has 4 atom stereocenters. The fraction of sp³-hybridized carbons (Fsp3) is 0.484. The molecule has 2 fully saturated rings. The van der Waals surface area contributed by atoms with Crippen molar-refractivity contribution in [3.8, 4) is 6.07 Å². The second-order valence-electron chi connectivity index (χ2n) is 11.6. The Morgan fingerprint density at radius 2 is 1.90 bits per heavy atom. The van der Waals surface area contributed by atoms with E-state index in [4.69, 9.17) is 5.73 Å². The van der Waals surface area contributed by atoms with Gasteiger partial charge in [-0.3, -0.25) is 14.4 Å². The second-order valence-corrected chi connectivity index (χ2v) is 11.6. The normalized spacial score (nSPS) is 21.0. The van der Waals surface area contributed by atoms with Gasteiger partial charge < -0.3 is 20.9 Å². The number of aryl methyl sites for hydroxylation is 2. The van der Waals surface area contributed by atoms with E-state index in [-0.39, 0.29) is 36.5 Å². The lowest BCUT2D eigenvalue weighted by Gasteiger charge is -2.27. The topological polar surface area (TPSA) is 150 Å². The molecule has 0 unspecified atom stereocenters. The van der Waals surface area contributed by atoms with Gasteiger partial charge in [-0.25, -0.2) is 4.68 Å². The number of carbonyl (C=O) groups is 3. The molecule has 2 aromatic carbocycles. The van der Waals surface area contributed by atoms with Gasteiger partial charge in [0, 0.05) is 33.1 Å². The average molecular weight is 571 g/mol. The number of aromatic nitrogens is 3. The van der Waals surface area contributed by atoms with Gasteiger partial charge in [0.25, 0.3) is 0 Å². The summed E-state index contributed by atoms with van der Waals surface area (Å²) in [6.07, 6.45) is 3.00. The predicted molar refractivity (Wildman–Crippen MR) is 156 cm³/mol. The summed E-state index contributed by atoms with van der Waals surface area (Å²) in [5, 5.41) is 20.5. The van der Waals surface area contributed by atoms with E-state index < -0.39 is 18.1 Å². The van der Waals surface area contributed by atoms with E-state index in [1.54, 1.807) is 14.5 Å². The van der Waals surface area contributed by atoms with Crippen LogP contribution >= 0.6 is 0 Å². The Kier molecular flexibility index (Phi) is 8.83. The fourth-order valence-corrected chi connectivity index (χ4v) is 6.08. The summed E-state index contributed by atoms with van der Waals surface area (Å²) in [5.41, 5.74) is 11.2. The number of carbonyl (C=O) groups excluding carboxylic acids is 3. The van der Waals surface area contributed by atoms with Crippen LogP contribution in [0.5, 0.6) is 0 Å². The number of rotatable bonds is 9. The molecule has 0 aliphatic carbocycles. The lowest BCUT2D eigenvalue weighted by Crippen LogP contribution is -2.51. The van der Waals surface area contributed by atoms with Crippen molar-refractivity contribution in [2.75, 3.05) is 13.1 Å². The van der Waals surface area contributed by atoms with Gasteiger partial charge >= 0.3 is 0 Å². The number of hydrogen-bond acceptors (Lipinski definition) is 7. The van der Waals surface area contributed by atoms with Crippen molar-refractivity contribution in [3.63, 3.8) is 0 Å². The number of amides is 3. The molecular weight excluding hydrogens is 532 g/mol. The van der Waals surface area contributed by atoms with Crippen LogP contribution < -0.4 is 11.1 Å². The number of fused-ring (bicyclic) bond motifs is 1. The molecule has 1 aromatic heterocycles. The highest BCUT2D eigenvalue weighted by molar-refractivity contribution is 5.91. The molecule has 0 bridgehead atoms. The minimum Gasteiger partial charge on any atom is -0.350 e. The lowest BCUT2D eigenvalue weighted by atomic mass is 9.96. The minimum absolute atomic E-state index is 0.0907. The summed E-state index contributed by atoms with van der Waals surface area (Å²) in [6, 6.07) is 14.2. The maximum absolute atomic E-state index is 13.6. The number of nitrogens with two attached hydrogens (primary N) is 1. The first-order valence-electron chi connectivity index (χ1n) is 14.6. The smallest absolute Gasteiger partial charge is 0.243 e. The van der Waals surface area contributed by atoms with E-state index in [2.05, 4.69) is 46.0 Å². The van der Waals surface area contributed by atoms with Gasteiger partial charge in [0.15, 0.2) is 0 Å². The van der Waals surface area contributed by atoms with E-state index in [1.165, 1.54) is 5.56 Å². The van der Waals surface area contributed by atoms with Crippen LogP contribution in [0.1, 0.15) is 48.8 Å². The molecule has 3 heterocycles. The van der Waals surface area contributed by atoms with Crippen molar-refractivity contribution >= 4 is 28.8 Å². The number of nitrogens with one attached hydrogen (secondary N) is 1. The highest BCUT2D eigenvalue weighted by Gasteiger charge is 2.41. The molecule has 3 aromatic rings. The van der Waals surface area contributed by atoms with Gasteiger partial charge in [-0.2, -0.15) is 5.26 Å². The highest BCUT2D eigenvalue weighted by Crippen LogP contribution is 2.28. The number of likely N-dealkylation sites (tertiary alicyclic amines) is 2. The van der Waals surface area contributed by atoms with Gasteiger partial charge in [0.2, 0.25) is 17.7 Å². The quantitative estimate of drug-likeness (QED) is 0.399.